The highest BCUT2D eigenvalue weighted by molar-refractivity contribution is 5.76. The van der Waals surface area contributed by atoms with Crippen molar-refractivity contribution in [1.82, 2.24) is 25.5 Å². The second kappa shape index (κ2) is 8.72. The zero-order valence-electron chi connectivity index (χ0n) is 15.4. The predicted octanol–water partition coefficient (Wildman–Crippen LogP) is 3.15. The maximum atomic E-state index is 12.8. The van der Waals surface area contributed by atoms with Crippen LogP contribution in [0.2, 0.25) is 0 Å². The average molecular weight is 405 g/mol. The molecule has 0 aliphatic rings. The first-order valence-electron chi connectivity index (χ1n) is 8.72. The summed E-state index contributed by atoms with van der Waals surface area (Å²) in [6.07, 6.45) is -4.44. The van der Waals surface area contributed by atoms with E-state index in [-0.39, 0.29) is 13.2 Å². The standard InChI is InChI=1S/C19H18F3N5O2/c1-13(14-6-5-7-15(10-14)19(20,21)22)23-18(28)11-27-25-17(24-26-27)12-29-16-8-3-2-4-9-16/h2-10,13H,11-12H2,1H3,(H,23,28). The maximum Gasteiger partial charge on any atom is 0.416 e. The van der Waals surface area contributed by atoms with E-state index in [1.54, 1.807) is 19.1 Å². The van der Waals surface area contributed by atoms with Crippen molar-refractivity contribution in [3.8, 4) is 5.75 Å². The first-order chi connectivity index (χ1) is 13.8. The van der Waals surface area contributed by atoms with Crippen LogP contribution < -0.4 is 10.1 Å². The van der Waals surface area contributed by atoms with Gasteiger partial charge in [-0.25, -0.2) is 0 Å². The zero-order valence-corrected chi connectivity index (χ0v) is 15.4. The minimum absolute atomic E-state index is 0.0896. The summed E-state index contributed by atoms with van der Waals surface area (Å²) in [6, 6.07) is 13.3. The SMILES string of the molecule is CC(NC(=O)Cn1nnc(COc2ccccc2)n1)c1cccc(C(F)(F)F)c1. The molecule has 7 nitrogen and oxygen atoms in total. The number of amides is 1. The van der Waals surface area contributed by atoms with Gasteiger partial charge in [0.25, 0.3) is 0 Å². The van der Waals surface area contributed by atoms with Crippen molar-refractivity contribution in [3.63, 3.8) is 0 Å². The molecule has 0 aliphatic heterocycles. The van der Waals surface area contributed by atoms with Gasteiger partial charge in [-0.2, -0.15) is 18.0 Å². The van der Waals surface area contributed by atoms with Crippen molar-refractivity contribution in [2.24, 2.45) is 0 Å². The van der Waals surface area contributed by atoms with E-state index in [2.05, 4.69) is 20.7 Å². The van der Waals surface area contributed by atoms with Crippen LogP contribution in [0.1, 0.15) is 29.9 Å². The summed E-state index contributed by atoms with van der Waals surface area (Å²) < 4.78 is 44.0. The summed E-state index contributed by atoms with van der Waals surface area (Å²) in [4.78, 5) is 13.3. The van der Waals surface area contributed by atoms with Crippen molar-refractivity contribution in [2.45, 2.75) is 32.3 Å². The smallest absolute Gasteiger partial charge is 0.416 e. The molecular formula is C19H18F3N5O2. The monoisotopic (exact) mass is 405 g/mol. The molecule has 1 amide bonds. The summed E-state index contributed by atoms with van der Waals surface area (Å²) in [7, 11) is 0. The van der Waals surface area contributed by atoms with E-state index in [9.17, 15) is 18.0 Å². The molecule has 0 bridgehead atoms. The Hall–Kier alpha value is -3.43. The molecular weight excluding hydrogens is 387 g/mol. The molecule has 1 unspecified atom stereocenters. The normalized spacial score (nSPS) is 12.4. The van der Waals surface area contributed by atoms with Gasteiger partial charge in [-0.05, 0) is 42.0 Å². The number of alkyl halides is 3. The van der Waals surface area contributed by atoms with E-state index in [4.69, 9.17) is 4.74 Å². The Morgan fingerprint density at radius 3 is 2.66 bits per heavy atom. The highest BCUT2D eigenvalue weighted by atomic mass is 19.4. The molecule has 0 aliphatic carbocycles. The molecule has 10 heteroatoms. The first-order valence-corrected chi connectivity index (χ1v) is 8.72. The molecule has 1 atom stereocenters. The van der Waals surface area contributed by atoms with E-state index in [1.807, 2.05) is 18.2 Å². The third-order valence-corrected chi connectivity index (χ3v) is 3.98. The third kappa shape index (κ3) is 5.77. The van der Waals surface area contributed by atoms with Gasteiger partial charge < -0.3 is 10.1 Å². The highest BCUT2D eigenvalue weighted by Gasteiger charge is 2.30. The molecule has 29 heavy (non-hydrogen) atoms. The molecule has 152 valence electrons. The fourth-order valence-electron chi connectivity index (χ4n) is 2.55. The number of aromatic nitrogens is 4. The summed E-state index contributed by atoms with van der Waals surface area (Å²) in [5.41, 5.74) is -0.422. The van der Waals surface area contributed by atoms with Crippen LogP contribution in [-0.4, -0.2) is 26.1 Å². The second-order valence-corrected chi connectivity index (χ2v) is 6.25. The van der Waals surface area contributed by atoms with Crippen LogP contribution in [0.15, 0.2) is 54.6 Å². The van der Waals surface area contributed by atoms with Gasteiger partial charge in [0.2, 0.25) is 11.7 Å². The number of ether oxygens (including phenoxy) is 1. The average Bonchev–Trinajstić information content (AvgIpc) is 3.13. The summed E-state index contributed by atoms with van der Waals surface area (Å²) >= 11 is 0. The van der Waals surface area contributed by atoms with E-state index in [1.165, 1.54) is 12.1 Å². The molecule has 1 heterocycles. The molecule has 1 N–H and O–H groups in total. The largest absolute Gasteiger partial charge is 0.485 e. The number of carbonyl (C=O) groups excluding carboxylic acids is 1. The topological polar surface area (TPSA) is 81.9 Å². The molecule has 1 aromatic heterocycles. The Kier molecular flexibility index (Phi) is 6.10. The number of nitrogens with one attached hydrogen (secondary N) is 1. The fraction of sp³-hybridized carbons (Fsp3) is 0.263. The maximum absolute atomic E-state index is 12.8. The summed E-state index contributed by atoms with van der Waals surface area (Å²) in [6.45, 7) is 1.47. The lowest BCUT2D eigenvalue weighted by molar-refractivity contribution is -0.137. The number of rotatable bonds is 7. The number of halogens is 3. The lowest BCUT2D eigenvalue weighted by atomic mass is 10.0. The number of carbonyl (C=O) groups is 1. The molecule has 0 fully saturated rings. The van der Waals surface area contributed by atoms with Crippen LogP contribution in [0.5, 0.6) is 5.75 Å². The number of nitrogens with zero attached hydrogens (tertiary/aromatic N) is 4. The van der Waals surface area contributed by atoms with Gasteiger partial charge in [0, 0.05) is 0 Å². The number of hydrogen-bond donors (Lipinski definition) is 1. The second-order valence-electron chi connectivity index (χ2n) is 6.25. The van der Waals surface area contributed by atoms with Crippen LogP contribution >= 0.6 is 0 Å². The number of tetrazole rings is 1. The van der Waals surface area contributed by atoms with Gasteiger partial charge in [0.05, 0.1) is 11.6 Å². The zero-order chi connectivity index (χ0) is 20.9. The van der Waals surface area contributed by atoms with Gasteiger partial charge in [0.15, 0.2) is 6.61 Å². The Labute approximate surface area is 164 Å². The first kappa shape index (κ1) is 20.3. The third-order valence-electron chi connectivity index (χ3n) is 3.98. The minimum atomic E-state index is -4.44. The Morgan fingerprint density at radius 1 is 1.17 bits per heavy atom. The summed E-state index contributed by atoms with van der Waals surface area (Å²) in [5.74, 6) is 0.493. The number of benzene rings is 2. The minimum Gasteiger partial charge on any atom is -0.485 e. The van der Waals surface area contributed by atoms with Crippen molar-refractivity contribution in [2.75, 3.05) is 0 Å². The van der Waals surface area contributed by atoms with Gasteiger partial charge in [-0.15, -0.1) is 10.2 Å². The van der Waals surface area contributed by atoms with Crippen molar-refractivity contribution in [1.29, 1.82) is 0 Å². The number of hydrogen-bond acceptors (Lipinski definition) is 5. The predicted molar refractivity (Wildman–Crippen MR) is 96.6 cm³/mol. The van der Waals surface area contributed by atoms with Crippen molar-refractivity contribution < 1.29 is 22.7 Å². The van der Waals surface area contributed by atoms with Crippen molar-refractivity contribution in [3.05, 3.63) is 71.5 Å². The van der Waals surface area contributed by atoms with E-state index >= 15 is 0 Å². The molecule has 0 saturated carbocycles. The lowest BCUT2D eigenvalue weighted by Crippen LogP contribution is -2.31. The Balaban J connectivity index is 1.54. The molecule has 2 aromatic carbocycles. The van der Waals surface area contributed by atoms with Crippen LogP contribution in [0.25, 0.3) is 0 Å². The molecule has 0 spiro atoms. The molecule has 3 aromatic rings. The molecule has 0 radical (unpaired) electrons. The van der Waals surface area contributed by atoms with Crippen LogP contribution in [-0.2, 0) is 24.1 Å². The van der Waals surface area contributed by atoms with Crippen molar-refractivity contribution >= 4 is 5.91 Å². The Bertz CT molecular complexity index is 960. The van der Waals surface area contributed by atoms with Crippen LogP contribution in [0.3, 0.4) is 0 Å². The van der Waals surface area contributed by atoms with Gasteiger partial charge >= 0.3 is 6.18 Å². The van der Waals surface area contributed by atoms with Gasteiger partial charge in [0.1, 0.15) is 12.3 Å². The Morgan fingerprint density at radius 2 is 1.93 bits per heavy atom. The summed E-state index contributed by atoms with van der Waals surface area (Å²) in [5, 5.41) is 14.3. The highest BCUT2D eigenvalue weighted by Crippen LogP contribution is 2.30. The molecule has 0 saturated heterocycles. The molecule has 3 rings (SSSR count). The van der Waals surface area contributed by atoms with Gasteiger partial charge in [-0.1, -0.05) is 30.3 Å². The van der Waals surface area contributed by atoms with Crippen LogP contribution in [0.4, 0.5) is 13.2 Å². The van der Waals surface area contributed by atoms with Crippen LogP contribution in [0, 0.1) is 0 Å². The lowest BCUT2D eigenvalue weighted by Gasteiger charge is -2.16. The van der Waals surface area contributed by atoms with E-state index in [0.717, 1.165) is 16.9 Å². The van der Waals surface area contributed by atoms with E-state index < -0.39 is 23.7 Å². The van der Waals surface area contributed by atoms with E-state index in [0.29, 0.717) is 17.1 Å². The quantitative estimate of drug-likeness (QED) is 0.653. The number of para-hydroxylation sites is 1. The fourth-order valence-corrected chi connectivity index (χ4v) is 2.55. The van der Waals surface area contributed by atoms with Gasteiger partial charge in [-0.3, -0.25) is 4.79 Å².